The lowest BCUT2D eigenvalue weighted by Crippen LogP contribution is -2.47. The van der Waals surface area contributed by atoms with Gasteiger partial charge in [-0.05, 0) is 50.4 Å². The number of aliphatic imine (C=N–C) groups is 1. The Bertz CT molecular complexity index is 827. The normalized spacial score (nSPS) is 23.4. The number of hydrogen-bond donors (Lipinski definition) is 1. The van der Waals surface area contributed by atoms with Gasteiger partial charge in [0.2, 0.25) is 23.7 Å². The Morgan fingerprint density at radius 1 is 1.32 bits per heavy atom. The first-order valence-corrected chi connectivity index (χ1v) is 10.1. The third-order valence-electron chi connectivity index (χ3n) is 5.29. The molecule has 2 aliphatic heterocycles. The lowest BCUT2D eigenvalue weighted by Gasteiger charge is -2.30. The molecule has 8 heteroatoms. The Balaban J connectivity index is 1.30. The average molecular weight is 401 g/mol. The van der Waals surface area contributed by atoms with Crippen LogP contribution < -0.4 is 5.32 Å². The number of fused-ring (bicyclic) bond motifs is 2. The molecule has 0 aromatic carbocycles. The van der Waals surface area contributed by atoms with Gasteiger partial charge in [-0.15, -0.1) is 0 Å². The second kappa shape index (κ2) is 8.26. The molecule has 1 unspecified atom stereocenters. The molecule has 7 nitrogen and oxygen atoms in total. The van der Waals surface area contributed by atoms with Crippen molar-refractivity contribution < 1.29 is 19.1 Å². The molecule has 2 aliphatic carbocycles. The number of thiocarbonyl (C=S) groups is 1. The number of amides is 2. The van der Waals surface area contributed by atoms with Gasteiger partial charge in [-0.1, -0.05) is 11.6 Å². The summed E-state index contributed by atoms with van der Waals surface area (Å²) < 4.78 is 10.7. The van der Waals surface area contributed by atoms with Crippen molar-refractivity contribution in [3.05, 3.63) is 35.3 Å². The van der Waals surface area contributed by atoms with Gasteiger partial charge >= 0.3 is 0 Å². The number of hydrogen-bond acceptors (Lipinski definition) is 5. The summed E-state index contributed by atoms with van der Waals surface area (Å²) in [6.45, 7) is 0.985. The van der Waals surface area contributed by atoms with Crippen molar-refractivity contribution in [1.82, 2.24) is 10.2 Å². The van der Waals surface area contributed by atoms with Crippen molar-refractivity contribution in [3.63, 3.8) is 0 Å². The van der Waals surface area contributed by atoms with Crippen molar-refractivity contribution in [2.45, 2.75) is 38.5 Å². The maximum Gasteiger partial charge on any atom is 0.241 e. The van der Waals surface area contributed by atoms with E-state index in [1.807, 2.05) is 0 Å². The molecule has 1 N–H and O–H groups in total. The van der Waals surface area contributed by atoms with Crippen LogP contribution in [-0.4, -0.2) is 47.4 Å². The van der Waals surface area contributed by atoms with E-state index in [2.05, 4.69) is 16.4 Å². The highest BCUT2D eigenvalue weighted by Crippen LogP contribution is 2.31. The van der Waals surface area contributed by atoms with Gasteiger partial charge in [-0.3, -0.25) is 14.5 Å². The number of allylic oxidation sites excluding steroid dienone is 2. The number of ether oxygens (including phenoxy) is 2. The summed E-state index contributed by atoms with van der Waals surface area (Å²) in [5.41, 5.74) is 1.98. The predicted molar refractivity (Wildman–Crippen MR) is 107 cm³/mol. The van der Waals surface area contributed by atoms with Crippen LogP contribution in [0, 0.1) is 5.92 Å². The molecule has 0 aromatic rings. The first-order chi connectivity index (χ1) is 13.6. The molecule has 0 saturated carbocycles. The highest BCUT2D eigenvalue weighted by atomic mass is 32.1. The largest absolute Gasteiger partial charge is 0.454 e. The van der Waals surface area contributed by atoms with Gasteiger partial charge in [0.15, 0.2) is 11.5 Å². The molecule has 4 rings (SSSR count). The SMILES string of the molecule is O=C(CCN1C(=O)C2C=C3OCOC3=CC2=NC1=S)NCCC1=CCCCC1. The van der Waals surface area contributed by atoms with E-state index in [1.165, 1.54) is 23.3 Å². The zero-order chi connectivity index (χ0) is 19.5. The monoisotopic (exact) mass is 401 g/mol. The Labute approximate surface area is 169 Å². The predicted octanol–water partition coefficient (Wildman–Crippen LogP) is 2.35. The number of nitrogens with one attached hydrogen (secondary N) is 1. The van der Waals surface area contributed by atoms with Crippen LogP contribution in [0.2, 0.25) is 0 Å². The van der Waals surface area contributed by atoms with Crippen LogP contribution >= 0.6 is 12.2 Å². The summed E-state index contributed by atoms with van der Waals surface area (Å²) in [6, 6.07) is 0. The van der Waals surface area contributed by atoms with Crippen molar-refractivity contribution in [3.8, 4) is 0 Å². The van der Waals surface area contributed by atoms with Crippen molar-refractivity contribution in [2.24, 2.45) is 10.9 Å². The number of carbonyl (C=O) groups excluding carboxylic acids is 2. The topological polar surface area (TPSA) is 80.2 Å². The molecule has 0 spiro atoms. The van der Waals surface area contributed by atoms with E-state index < -0.39 is 5.92 Å². The van der Waals surface area contributed by atoms with E-state index >= 15 is 0 Å². The van der Waals surface area contributed by atoms with Crippen molar-refractivity contribution >= 4 is 34.9 Å². The summed E-state index contributed by atoms with van der Waals surface area (Å²) in [7, 11) is 0. The summed E-state index contributed by atoms with van der Waals surface area (Å²) >= 11 is 5.27. The van der Waals surface area contributed by atoms with Gasteiger partial charge in [0.05, 0.1) is 5.71 Å². The summed E-state index contributed by atoms with van der Waals surface area (Å²) in [5.74, 6) is 0.312. The van der Waals surface area contributed by atoms with Crippen LogP contribution in [0.25, 0.3) is 0 Å². The van der Waals surface area contributed by atoms with Crippen LogP contribution in [0.3, 0.4) is 0 Å². The smallest absolute Gasteiger partial charge is 0.241 e. The fourth-order valence-corrected chi connectivity index (χ4v) is 4.02. The Morgan fingerprint density at radius 3 is 3.00 bits per heavy atom. The molecule has 148 valence electrons. The van der Waals surface area contributed by atoms with Gasteiger partial charge in [0.1, 0.15) is 5.92 Å². The van der Waals surface area contributed by atoms with E-state index in [1.54, 1.807) is 12.2 Å². The number of carbonyl (C=O) groups is 2. The zero-order valence-corrected chi connectivity index (χ0v) is 16.4. The lowest BCUT2D eigenvalue weighted by atomic mass is 9.94. The van der Waals surface area contributed by atoms with Gasteiger partial charge in [-0.2, -0.15) is 0 Å². The van der Waals surface area contributed by atoms with Crippen molar-refractivity contribution in [1.29, 1.82) is 0 Å². The van der Waals surface area contributed by atoms with E-state index in [0.29, 0.717) is 23.8 Å². The molecule has 2 heterocycles. The van der Waals surface area contributed by atoms with Crippen LogP contribution in [-0.2, 0) is 19.1 Å². The second-order valence-corrected chi connectivity index (χ2v) is 7.56. The van der Waals surface area contributed by atoms with Crippen molar-refractivity contribution in [2.75, 3.05) is 19.9 Å². The lowest BCUT2D eigenvalue weighted by molar-refractivity contribution is -0.129. The van der Waals surface area contributed by atoms with Gasteiger partial charge in [0.25, 0.3) is 0 Å². The zero-order valence-electron chi connectivity index (χ0n) is 15.6. The minimum Gasteiger partial charge on any atom is -0.454 e. The van der Waals surface area contributed by atoms with Crippen LogP contribution in [0.1, 0.15) is 38.5 Å². The number of rotatable bonds is 6. The van der Waals surface area contributed by atoms with Gasteiger partial charge in [-0.25, -0.2) is 4.99 Å². The molecule has 1 atom stereocenters. The fraction of sp³-hybridized carbons (Fsp3) is 0.500. The third kappa shape index (κ3) is 4.01. The van der Waals surface area contributed by atoms with Crippen LogP contribution in [0.4, 0.5) is 0 Å². The fourth-order valence-electron chi connectivity index (χ4n) is 3.74. The average Bonchev–Trinajstić information content (AvgIpc) is 3.15. The molecular weight excluding hydrogens is 378 g/mol. The van der Waals surface area contributed by atoms with E-state index in [-0.39, 0.29) is 36.7 Å². The molecule has 0 bridgehead atoms. The molecule has 0 aromatic heterocycles. The van der Waals surface area contributed by atoms with Gasteiger partial charge < -0.3 is 14.8 Å². The van der Waals surface area contributed by atoms with Gasteiger partial charge in [0, 0.05) is 25.6 Å². The molecule has 1 fully saturated rings. The second-order valence-electron chi connectivity index (χ2n) is 7.19. The minimum absolute atomic E-state index is 0.0847. The minimum atomic E-state index is -0.548. The molecule has 0 radical (unpaired) electrons. The van der Waals surface area contributed by atoms with E-state index in [0.717, 1.165) is 19.3 Å². The summed E-state index contributed by atoms with van der Waals surface area (Å²) in [6.07, 6.45) is 11.6. The Morgan fingerprint density at radius 2 is 2.18 bits per heavy atom. The molecule has 2 amide bonds. The Kier molecular flexibility index (Phi) is 5.57. The summed E-state index contributed by atoms with van der Waals surface area (Å²) in [5, 5.41) is 3.12. The molecule has 28 heavy (non-hydrogen) atoms. The standard InChI is InChI=1S/C20H23N3O4S/c24-18(21-8-6-13-4-2-1-3-5-13)7-9-23-19(25)14-10-16-17(27-12-26-16)11-15(14)22-20(23)28/h4,10-11,14H,1-3,5-9,12H2,(H,21,24). The Hall–Kier alpha value is -2.48. The third-order valence-corrected chi connectivity index (χ3v) is 5.60. The van der Waals surface area contributed by atoms with Crippen LogP contribution in [0.15, 0.2) is 40.3 Å². The number of nitrogens with zero attached hydrogens (tertiary/aromatic N) is 2. The van der Waals surface area contributed by atoms with E-state index in [9.17, 15) is 9.59 Å². The summed E-state index contributed by atoms with van der Waals surface area (Å²) in [4.78, 5) is 30.8. The molecular formula is C20H23N3O4S. The first kappa shape index (κ1) is 18.9. The maximum atomic E-state index is 12.8. The maximum absolute atomic E-state index is 12.8. The quantitative estimate of drug-likeness (QED) is 0.546. The highest BCUT2D eigenvalue weighted by molar-refractivity contribution is 7.80. The van der Waals surface area contributed by atoms with Crippen LogP contribution in [0.5, 0.6) is 0 Å². The first-order valence-electron chi connectivity index (χ1n) is 9.70. The highest BCUT2D eigenvalue weighted by Gasteiger charge is 2.38. The molecule has 4 aliphatic rings. The molecule has 1 saturated heterocycles. The van der Waals surface area contributed by atoms with E-state index in [4.69, 9.17) is 21.7 Å².